The third kappa shape index (κ3) is 5.70. The van der Waals surface area contributed by atoms with Crippen molar-refractivity contribution in [3.63, 3.8) is 0 Å². The third-order valence-corrected chi connectivity index (χ3v) is 5.70. The van der Waals surface area contributed by atoms with Gasteiger partial charge in [-0.3, -0.25) is 0 Å². The van der Waals surface area contributed by atoms with Gasteiger partial charge >= 0.3 is 0 Å². The average molecular weight is 302 g/mol. The summed E-state index contributed by atoms with van der Waals surface area (Å²) in [7, 11) is -2.83. The highest BCUT2D eigenvalue weighted by Gasteiger charge is 2.24. The largest absolute Gasteiger partial charge is 0.303 e. The van der Waals surface area contributed by atoms with Crippen LogP contribution in [0.15, 0.2) is 0 Å². The Kier molecular flexibility index (Phi) is 5.87. The van der Waals surface area contributed by atoms with Crippen LogP contribution in [0, 0.1) is 11.8 Å². The van der Waals surface area contributed by atoms with Crippen LogP contribution in [-0.2, 0) is 9.84 Å². The van der Waals surface area contributed by atoms with E-state index in [2.05, 4.69) is 16.7 Å². The Morgan fingerprint density at radius 3 is 2.40 bits per heavy atom. The van der Waals surface area contributed by atoms with Gasteiger partial charge in [-0.15, -0.1) is 0 Å². The van der Waals surface area contributed by atoms with Crippen LogP contribution in [0.1, 0.15) is 32.6 Å². The summed E-state index contributed by atoms with van der Waals surface area (Å²) < 4.78 is 22.5. The van der Waals surface area contributed by atoms with Crippen molar-refractivity contribution in [2.45, 2.75) is 32.6 Å². The van der Waals surface area contributed by atoms with Crippen molar-refractivity contribution in [1.82, 2.24) is 9.80 Å². The zero-order chi connectivity index (χ0) is 14.6. The molecule has 0 aromatic rings. The lowest BCUT2D eigenvalue weighted by Crippen LogP contribution is -2.44. The van der Waals surface area contributed by atoms with Crippen LogP contribution < -0.4 is 0 Å². The minimum absolute atomic E-state index is 0.306. The summed E-state index contributed by atoms with van der Waals surface area (Å²) in [4.78, 5) is 4.96. The van der Waals surface area contributed by atoms with Crippen LogP contribution in [0.25, 0.3) is 0 Å². The van der Waals surface area contributed by atoms with E-state index in [4.69, 9.17) is 0 Å². The number of likely N-dealkylation sites (tertiary alicyclic amines) is 2. The molecule has 2 aliphatic heterocycles. The first-order valence-corrected chi connectivity index (χ1v) is 10.1. The zero-order valence-corrected chi connectivity index (χ0v) is 13.9. The summed E-state index contributed by atoms with van der Waals surface area (Å²) >= 11 is 0. The van der Waals surface area contributed by atoms with E-state index >= 15 is 0 Å². The lowest BCUT2D eigenvalue weighted by molar-refractivity contribution is 0.115. The van der Waals surface area contributed by atoms with Gasteiger partial charge in [0.25, 0.3) is 0 Å². The van der Waals surface area contributed by atoms with E-state index in [9.17, 15) is 8.42 Å². The molecule has 0 bridgehead atoms. The molecule has 2 saturated heterocycles. The molecule has 2 aliphatic rings. The van der Waals surface area contributed by atoms with Crippen molar-refractivity contribution in [3.05, 3.63) is 0 Å². The minimum atomic E-state index is -2.83. The molecule has 5 heteroatoms. The molecule has 1 atom stereocenters. The summed E-state index contributed by atoms with van der Waals surface area (Å²) in [6, 6.07) is 0. The molecule has 118 valence electrons. The van der Waals surface area contributed by atoms with E-state index in [0.717, 1.165) is 24.9 Å². The number of nitrogens with zero attached hydrogens (tertiary/aromatic N) is 2. The van der Waals surface area contributed by atoms with Crippen molar-refractivity contribution in [1.29, 1.82) is 0 Å². The van der Waals surface area contributed by atoms with E-state index < -0.39 is 9.84 Å². The van der Waals surface area contributed by atoms with Crippen LogP contribution in [0.4, 0.5) is 0 Å². The third-order valence-electron chi connectivity index (χ3n) is 4.77. The Bertz CT molecular complexity index is 389. The highest BCUT2D eigenvalue weighted by Crippen LogP contribution is 2.21. The van der Waals surface area contributed by atoms with Crippen molar-refractivity contribution < 1.29 is 8.42 Å². The van der Waals surface area contributed by atoms with Gasteiger partial charge in [0.2, 0.25) is 0 Å². The first-order chi connectivity index (χ1) is 9.42. The number of hydrogen-bond donors (Lipinski definition) is 0. The second-order valence-corrected chi connectivity index (χ2v) is 9.18. The lowest BCUT2D eigenvalue weighted by atomic mass is 9.94. The highest BCUT2D eigenvalue weighted by molar-refractivity contribution is 7.90. The van der Waals surface area contributed by atoms with Crippen LogP contribution in [0.3, 0.4) is 0 Å². The number of piperidine rings is 2. The molecular weight excluding hydrogens is 272 g/mol. The van der Waals surface area contributed by atoms with Gasteiger partial charge in [0, 0.05) is 25.9 Å². The predicted molar refractivity (Wildman–Crippen MR) is 83.7 cm³/mol. The zero-order valence-electron chi connectivity index (χ0n) is 13.1. The normalized spacial score (nSPS) is 27.8. The first-order valence-electron chi connectivity index (χ1n) is 8.05. The average Bonchev–Trinajstić information content (AvgIpc) is 2.39. The molecule has 0 amide bonds. The van der Waals surface area contributed by atoms with Gasteiger partial charge in [-0.25, -0.2) is 8.42 Å². The van der Waals surface area contributed by atoms with Crippen LogP contribution in [0.5, 0.6) is 0 Å². The maximum absolute atomic E-state index is 11.3. The van der Waals surface area contributed by atoms with Crippen LogP contribution in [-0.4, -0.2) is 69.5 Å². The van der Waals surface area contributed by atoms with E-state index in [-0.39, 0.29) is 0 Å². The Morgan fingerprint density at radius 2 is 1.75 bits per heavy atom. The second kappa shape index (κ2) is 7.23. The van der Waals surface area contributed by atoms with Gasteiger partial charge in [0.15, 0.2) is 0 Å². The van der Waals surface area contributed by atoms with Gasteiger partial charge in [-0.05, 0) is 57.2 Å². The van der Waals surface area contributed by atoms with Crippen molar-refractivity contribution in [2.75, 3.05) is 51.3 Å². The molecule has 0 N–H and O–H groups in total. The van der Waals surface area contributed by atoms with Gasteiger partial charge < -0.3 is 9.80 Å². The van der Waals surface area contributed by atoms with Gasteiger partial charge in [0.1, 0.15) is 9.84 Å². The molecule has 0 saturated carbocycles. The number of rotatable bonds is 5. The SMILES string of the molecule is CC1CCN(C[C@H]2CCCN(CCS(C)(=O)=O)C2)CC1. The smallest absolute Gasteiger partial charge is 0.148 e. The lowest BCUT2D eigenvalue weighted by Gasteiger charge is -2.37. The molecule has 20 heavy (non-hydrogen) atoms. The fourth-order valence-corrected chi connectivity index (χ4v) is 4.00. The molecule has 0 radical (unpaired) electrons. The predicted octanol–water partition coefficient (Wildman–Crippen LogP) is 1.47. The molecule has 4 nitrogen and oxygen atoms in total. The number of sulfone groups is 1. The Hall–Kier alpha value is -0.130. The fourth-order valence-electron chi connectivity index (χ4n) is 3.41. The molecule has 0 spiro atoms. The van der Waals surface area contributed by atoms with Crippen LogP contribution in [0.2, 0.25) is 0 Å². The maximum atomic E-state index is 11.3. The van der Waals surface area contributed by atoms with E-state index in [1.54, 1.807) is 0 Å². The first kappa shape index (κ1) is 16.2. The van der Waals surface area contributed by atoms with Gasteiger partial charge in [-0.2, -0.15) is 0 Å². The van der Waals surface area contributed by atoms with E-state index in [0.29, 0.717) is 12.3 Å². The molecule has 2 heterocycles. The quantitative estimate of drug-likeness (QED) is 0.771. The standard InChI is InChI=1S/C15H30N2O2S/c1-14-5-8-17(9-6-14)13-15-4-3-7-16(12-15)10-11-20(2,18)19/h14-15H,3-13H2,1-2H3/t15-/m0/s1. The van der Waals surface area contributed by atoms with Crippen molar-refractivity contribution >= 4 is 9.84 Å². The highest BCUT2D eigenvalue weighted by atomic mass is 32.2. The molecule has 0 aromatic carbocycles. The molecule has 0 aromatic heterocycles. The van der Waals surface area contributed by atoms with Gasteiger partial charge in [0.05, 0.1) is 5.75 Å². The maximum Gasteiger partial charge on any atom is 0.148 e. The second-order valence-electron chi connectivity index (χ2n) is 6.92. The van der Waals surface area contributed by atoms with Crippen LogP contribution >= 0.6 is 0 Å². The monoisotopic (exact) mass is 302 g/mol. The summed E-state index contributed by atoms with van der Waals surface area (Å²) in [5, 5.41) is 0. The molecule has 2 rings (SSSR count). The molecule has 2 fully saturated rings. The Balaban J connectivity index is 1.73. The summed E-state index contributed by atoms with van der Waals surface area (Å²) in [5.74, 6) is 1.93. The fraction of sp³-hybridized carbons (Fsp3) is 1.00. The Morgan fingerprint density at radius 1 is 1.05 bits per heavy atom. The van der Waals surface area contributed by atoms with E-state index in [1.807, 2.05) is 0 Å². The topological polar surface area (TPSA) is 40.6 Å². The van der Waals surface area contributed by atoms with Crippen molar-refractivity contribution in [3.8, 4) is 0 Å². The minimum Gasteiger partial charge on any atom is -0.303 e. The molecule has 0 unspecified atom stereocenters. The molecular formula is C15H30N2O2S. The van der Waals surface area contributed by atoms with Crippen molar-refractivity contribution in [2.24, 2.45) is 11.8 Å². The molecule has 0 aliphatic carbocycles. The summed E-state index contributed by atoms with van der Waals surface area (Å²) in [6.07, 6.45) is 6.54. The number of hydrogen-bond acceptors (Lipinski definition) is 4. The summed E-state index contributed by atoms with van der Waals surface area (Å²) in [5.41, 5.74) is 0. The van der Waals surface area contributed by atoms with Gasteiger partial charge in [-0.1, -0.05) is 6.92 Å². The van der Waals surface area contributed by atoms with E-state index in [1.165, 1.54) is 51.6 Å². The Labute approximate surface area is 124 Å². The summed E-state index contributed by atoms with van der Waals surface area (Å²) in [6.45, 7) is 8.94.